The van der Waals surface area contributed by atoms with E-state index in [4.69, 9.17) is 28.3 Å². The van der Waals surface area contributed by atoms with Gasteiger partial charge >= 0.3 is 5.97 Å². The molecule has 3 unspecified atom stereocenters. The Morgan fingerprint density at radius 1 is 1.10 bits per heavy atom. The maximum absolute atomic E-state index is 12.0. The zero-order valence-corrected chi connectivity index (χ0v) is 13.0. The molecule has 6 heteroatoms. The number of hydrogen-bond acceptors (Lipinski definition) is 2. The van der Waals surface area contributed by atoms with Gasteiger partial charge in [-0.3, -0.25) is 9.59 Å². The van der Waals surface area contributed by atoms with Crippen molar-refractivity contribution >= 4 is 35.1 Å². The molecule has 1 aromatic carbocycles. The quantitative estimate of drug-likeness (QED) is 0.873. The molecule has 20 heavy (non-hydrogen) atoms. The van der Waals surface area contributed by atoms with Crippen LogP contribution in [0.25, 0.3) is 0 Å². The minimum Gasteiger partial charge on any atom is -0.481 e. The molecule has 0 aromatic heterocycles. The van der Waals surface area contributed by atoms with Gasteiger partial charge in [0.15, 0.2) is 0 Å². The van der Waals surface area contributed by atoms with Gasteiger partial charge in [-0.1, -0.05) is 43.1 Å². The van der Waals surface area contributed by atoms with Gasteiger partial charge in [-0.25, -0.2) is 0 Å². The number of halogens is 2. The van der Waals surface area contributed by atoms with E-state index in [1.807, 2.05) is 0 Å². The average molecular weight is 318 g/mol. The van der Waals surface area contributed by atoms with E-state index in [1.165, 1.54) is 6.92 Å². The van der Waals surface area contributed by atoms with Crippen molar-refractivity contribution in [3.8, 4) is 0 Å². The molecule has 0 spiro atoms. The van der Waals surface area contributed by atoms with E-state index in [9.17, 15) is 9.59 Å². The standard InChI is InChI=1S/C14H17Cl2NO3/c1-7(8(2)14(19)20)13(18)17-9(3)10-4-5-11(15)12(16)6-10/h4-9H,1-3H3,(H,17,18)(H,19,20). The summed E-state index contributed by atoms with van der Waals surface area (Å²) in [5, 5.41) is 12.5. The molecule has 0 heterocycles. The highest BCUT2D eigenvalue weighted by atomic mass is 35.5. The van der Waals surface area contributed by atoms with Gasteiger partial charge < -0.3 is 10.4 Å². The molecular formula is C14H17Cl2NO3. The van der Waals surface area contributed by atoms with Gasteiger partial charge in [0.2, 0.25) is 5.91 Å². The van der Waals surface area contributed by atoms with Gasteiger partial charge in [0, 0.05) is 5.92 Å². The maximum atomic E-state index is 12.0. The van der Waals surface area contributed by atoms with Crippen molar-refractivity contribution in [2.45, 2.75) is 26.8 Å². The fourth-order valence-electron chi connectivity index (χ4n) is 1.65. The average Bonchev–Trinajstić information content (AvgIpc) is 2.39. The second-order valence-electron chi connectivity index (χ2n) is 4.82. The SMILES string of the molecule is CC(NC(=O)C(C)C(C)C(=O)O)c1ccc(Cl)c(Cl)c1. The van der Waals surface area contributed by atoms with Gasteiger partial charge in [0.1, 0.15) is 0 Å². The van der Waals surface area contributed by atoms with Crippen LogP contribution in [-0.2, 0) is 9.59 Å². The van der Waals surface area contributed by atoms with Crippen LogP contribution in [0.2, 0.25) is 10.0 Å². The topological polar surface area (TPSA) is 66.4 Å². The largest absolute Gasteiger partial charge is 0.481 e. The van der Waals surface area contributed by atoms with Crippen molar-refractivity contribution in [2.24, 2.45) is 11.8 Å². The van der Waals surface area contributed by atoms with E-state index < -0.39 is 17.8 Å². The van der Waals surface area contributed by atoms with E-state index >= 15 is 0 Å². The molecule has 0 aliphatic carbocycles. The van der Waals surface area contributed by atoms with Crippen LogP contribution in [0, 0.1) is 11.8 Å². The number of rotatable bonds is 5. The molecule has 0 bridgehead atoms. The summed E-state index contributed by atoms with van der Waals surface area (Å²) < 4.78 is 0. The van der Waals surface area contributed by atoms with Gasteiger partial charge in [0.25, 0.3) is 0 Å². The van der Waals surface area contributed by atoms with Crippen LogP contribution in [-0.4, -0.2) is 17.0 Å². The summed E-state index contributed by atoms with van der Waals surface area (Å²) in [6.45, 7) is 4.90. The minimum atomic E-state index is -0.991. The number of aliphatic carboxylic acids is 1. The monoisotopic (exact) mass is 317 g/mol. The lowest BCUT2D eigenvalue weighted by Crippen LogP contribution is -2.36. The highest BCUT2D eigenvalue weighted by Crippen LogP contribution is 2.25. The predicted octanol–water partition coefficient (Wildman–Crippen LogP) is 3.53. The van der Waals surface area contributed by atoms with E-state index in [1.54, 1.807) is 32.0 Å². The summed E-state index contributed by atoms with van der Waals surface area (Å²) in [6, 6.07) is 4.83. The molecule has 4 nitrogen and oxygen atoms in total. The Morgan fingerprint density at radius 3 is 2.20 bits per heavy atom. The second-order valence-corrected chi connectivity index (χ2v) is 5.63. The number of nitrogens with one attached hydrogen (secondary N) is 1. The van der Waals surface area contributed by atoms with E-state index in [2.05, 4.69) is 5.32 Å². The molecule has 110 valence electrons. The molecule has 0 aliphatic rings. The van der Waals surface area contributed by atoms with E-state index in [0.29, 0.717) is 10.0 Å². The molecule has 1 rings (SSSR count). The number of amides is 1. The highest BCUT2D eigenvalue weighted by Gasteiger charge is 2.26. The first-order valence-electron chi connectivity index (χ1n) is 6.22. The van der Waals surface area contributed by atoms with Crippen LogP contribution in [0.15, 0.2) is 18.2 Å². The molecule has 1 amide bonds. The van der Waals surface area contributed by atoms with Gasteiger partial charge in [0.05, 0.1) is 22.0 Å². The first kappa shape index (κ1) is 16.8. The molecule has 0 aliphatic heterocycles. The number of carbonyl (C=O) groups is 2. The first-order chi connectivity index (χ1) is 9.23. The van der Waals surface area contributed by atoms with E-state index in [0.717, 1.165) is 5.56 Å². The van der Waals surface area contributed by atoms with Crippen molar-refractivity contribution in [3.63, 3.8) is 0 Å². The zero-order chi connectivity index (χ0) is 15.4. The molecule has 0 saturated carbocycles. The van der Waals surface area contributed by atoms with Gasteiger partial charge in [-0.15, -0.1) is 0 Å². The summed E-state index contributed by atoms with van der Waals surface area (Å²) in [6.07, 6.45) is 0. The zero-order valence-electron chi connectivity index (χ0n) is 11.5. The Kier molecular flexibility index (Phi) is 5.84. The molecule has 0 fully saturated rings. The van der Waals surface area contributed by atoms with Gasteiger partial charge in [-0.2, -0.15) is 0 Å². The third-order valence-corrected chi connectivity index (χ3v) is 4.09. The van der Waals surface area contributed by atoms with Crippen molar-refractivity contribution in [2.75, 3.05) is 0 Å². The lowest BCUT2D eigenvalue weighted by Gasteiger charge is -2.20. The summed E-state index contributed by atoms with van der Waals surface area (Å²) in [5.74, 6) is -2.65. The Bertz CT molecular complexity index is 519. The molecule has 0 radical (unpaired) electrons. The lowest BCUT2D eigenvalue weighted by atomic mass is 9.94. The van der Waals surface area contributed by atoms with Crippen molar-refractivity contribution in [1.29, 1.82) is 0 Å². The predicted molar refractivity (Wildman–Crippen MR) is 79.0 cm³/mol. The number of benzene rings is 1. The summed E-state index contributed by atoms with van der Waals surface area (Å²) in [7, 11) is 0. The normalized spacial score (nSPS) is 15.2. The fourth-order valence-corrected chi connectivity index (χ4v) is 1.96. The molecular weight excluding hydrogens is 301 g/mol. The summed E-state index contributed by atoms with van der Waals surface area (Å²) in [5.41, 5.74) is 0.808. The van der Waals surface area contributed by atoms with Crippen molar-refractivity contribution < 1.29 is 14.7 Å². The maximum Gasteiger partial charge on any atom is 0.307 e. The third-order valence-electron chi connectivity index (χ3n) is 3.36. The molecule has 3 atom stereocenters. The van der Waals surface area contributed by atoms with Crippen molar-refractivity contribution in [1.82, 2.24) is 5.32 Å². The molecule has 0 saturated heterocycles. The molecule has 2 N–H and O–H groups in total. The van der Waals surface area contributed by atoms with E-state index in [-0.39, 0.29) is 11.9 Å². The smallest absolute Gasteiger partial charge is 0.307 e. The summed E-state index contributed by atoms with van der Waals surface area (Å²) >= 11 is 11.8. The van der Waals surface area contributed by atoms with Gasteiger partial charge in [-0.05, 0) is 24.6 Å². The van der Waals surface area contributed by atoms with Crippen LogP contribution in [0.4, 0.5) is 0 Å². The second kappa shape index (κ2) is 6.95. The lowest BCUT2D eigenvalue weighted by molar-refractivity contribution is -0.146. The van der Waals surface area contributed by atoms with Crippen LogP contribution < -0.4 is 5.32 Å². The van der Waals surface area contributed by atoms with Crippen LogP contribution in [0.5, 0.6) is 0 Å². The number of carboxylic acid groups (broad SMARTS) is 1. The van der Waals surface area contributed by atoms with Crippen LogP contribution in [0.3, 0.4) is 0 Å². The Hall–Kier alpha value is -1.26. The third kappa shape index (κ3) is 4.12. The Morgan fingerprint density at radius 2 is 1.70 bits per heavy atom. The first-order valence-corrected chi connectivity index (χ1v) is 6.97. The number of carbonyl (C=O) groups excluding carboxylic acids is 1. The number of carboxylic acids is 1. The number of hydrogen-bond donors (Lipinski definition) is 2. The Labute approximate surface area is 128 Å². The highest BCUT2D eigenvalue weighted by molar-refractivity contribution is 6.42. The molecule has 1 aromatic rings. The fraction of sp³-hybridized carbons (Fsp3) is 0.429. The van der Waals surface area contributed by atoms with Crippen LogP contribution in [0.1, 0.15) is 32.4 Å². The van der Waals surface area contributed by atoms with Crippen molar-refractivity contribution in [3.05, 3.63) is 33.8 Å². The summed E-state index contributed by atoms with van der Waals surface area (Å²) in [4.78, 5) is 22.9. The minimum absolute atomic E-state index is 0.277. The van der Waals surface area contributed by atoms with Crippen LogP contribution >= 0.6 is 23.2 Å². The Balaban J connectivity index is 2.74.